The highest BCUT2D eigenvalue weighted by Crippen LogP contribution is 1.62. The van der Waals surface area contributed by atoms with Crippen molar-refractivity contribution in [2.45, 2.75) is 0 Å². The van der Waals surface area contributed by atoms with E-state index in [1.165, 1.54) is 5.32 Å². The number of amides is 3. The number of imide groups is 1. The number of aliphatic hydroxyl groups is 1. The van der Waals surface area contributed by atoms with Gasteiger partial charge in [0.1, 0.15) is 6.73 Å². The summed E-state index contributed by atoms with van der Waals surface area (Å²) in [6, 6.07) is -0.940. The number of hydrogen-bond donors (Lipinski definition) is 4. The summed E-state index contributed by atoms with van der Waals surface area (Å²) < 4.78 is 0. The van der Waals surface area contributed by atoms with E-state index in [1.54, 1.807) is 5.32 Å². The summed E-state index contributed by atoms with van der Waals surface area (Å²) in [5.41, 5.74) is 0. The molecule has 0 rings (SSSR count). The molecule has 0 atom stereocenters. The molecule has 4 N–H and O–H groups in total. The van der Waals surface area contributed by atoms with Crippen molar-refractivity contribution in [2.24, 2.45) is 0 Å². The van der Waals surface area contributed by atoms with E-state index >= 15 is 0 Å². The molecule has 0 unspecified atom stereocenters. The van der Waals surface area contributed by atoms with E-state index < -0.39 is 18.9 Å². The van der Waals surface area contributed by atoms with E-state index in [-0.39, 0.29) is 0 Å². The first-order valence-electron chi connectivity index (χ1n) is 2.05. The van der Waals surface area contributed by atoms with Gasteiger partial charge < -0.3 is 15.5 Å². The molecule has 0 aromatic carbocycles. The van der Waals surface area contributed by atoms with Gasteiger partial charge in [0.15, 0.2) is 0 Å². The Kier molecular flexibility index (Phi) is 3.14. The monoisotopic (exact) mass is 134 g/mol. The quantitative estimate of drug-likeness (QED) is 0.342. The Bertz CT molecular complexity index is 123. The van der Waals surface area contributed by atoms with Crippen LogP contribution in [0.1, 0.15) is 0 Å². The number of nitrogens with one attached hydrogen (secondary N) is 2. The lowest BCUT2D eigenvalue weighted by Gasteiger charge is -1.97. The number of urea groups is 1. The van der Waals surface area contributed by atoms with Crippen LogP contribution in [0.3, 0.4) is 0 Å². The molecule has 6 nitrogen and oxygen atoms in total. The molecule has 6 heteroatoms. The molecule has 9 heavy (non-hydrogen) atoms. The Hall–Kier alpha value is -1.30. The van der Waals surface area contributed by atoms with E-state index in [9.17, 15) is 9.59 Å². The van der Waals surface area contributed by atoms with Gasteiger partial charge in [-0.25, -0.2) is 14.9 Å². The lowest BCUT2D eigenvalue weighted by molar-refractivity contribution is 0.187. The zero-order valence-electron chi connectivity index (χ0n) is 4.42. The predicted octanol–water partition coefficient (Wildman–Crippen LogP) is -1.09. The molecule has 0 radical (unpaired) electrons. The van der Waals surface area contributed by atoms with Crippen LogP contribution in [0.2, 0.25) is 0 Å². The first kappa shape index (κ1) is 7.70. The first-order valence-corrected chi connectivity index (χ1v) is 2.05. The van der Waals surface area contributed by atoms with Crippen LogP contribution < -0.4 is 10.6 Å². The van der Waals surface area contributed by atoms with Crippen molar-refractivity contribution in [3.63, 3.8) is 0 Å². The van der Waals surface area contributed by atoms with Gasteiger partial charge in [0.25, 0.3) is 0 Å². The van der Waals surface area contributed by atoms with Crippen LogP contribution in [-0.4, -0.2) is 29.1 Å². The molecule has 0 heterocycles. The Balaban J connectivity index is 3.39. The number of carboxylic acid groups (broad SMARTS) is 1. The molecule has 0 fully saturated rings. The van der Waals surface area contributed by atoms with Crippen LogP contribution in [0.15, 0.2) is 0 Å². The average Bonchev–Trinajstić information content (AvgIpc) is 1.63. The molecule has 0 aliphatic carbocycles. The fourth-order valence-corrected chi connectivity index (χ4v) is 0.213. The van der Waals surface area contributed by atoms with Gasteiger partial charge in [-0.1, -0.05) is 0 Å². The maximum absolute atomic E-state index is 10.1. The lowest BCUT2D eigenvalue weighted by atomic mass is 10.9. The van der Waals surface area contributed by atoms with E-state index in [0.717, 1.165) is 0 Å². The van der Waals surface area contributed by atoms with Gasteiger partial charge in [-0.2, -0.15) is 0 Å². The molecule has 0 saturated heterocycles. The van der Waals surface area contributed by atoms with Crippen LogP contribution in [0.4, 0.5) is 9.59 Å². The maximum atomic E-state index is 10.1. The number of carbonyl (C=O) groups is 2. The summed E-state index contributed by atoms with van der Waals surface area (Å²) in [7, 11) is 0. The van der Waals surface area contributed by atoms with E-state index in [4.69, 9.17) is 10.2 Å². The second kappa shape index (κ2) is 3.67. The Morgan fingerprint density at radius 1 is 1.44 bits per heavy atom. The van der Waals surface area contributed by atoms with Gasteiger partial charge in [0.2, 0.25) is 0 Å². The van der Waals surface area contributed by atoms with E-state index in [2.05, 4.69) is 0 Å². The molecule has 0 bridgehead atoms. The van der Waals surface area contributed by atoms with Crippen molar-refractivity contribution in [3.05, 3.63) is 0 Å². The summed E-state index contributed by atoms with van der Waals surface area (Å²) in [6.07, 6.45) is -1.46. The van der Waals surface area contributed by atoms with Crippen molar-refractivity contribution >= 4 is 12.1 Å². The van der Waals surface area contributed by atoms with Gasteiger partial charge >= 0.3 is 12.1 Å². The molecule has 3 amide bonds. The van der Waals surface area contributed by atoms with Gasteiger partial charge in [-0.3, -0.25) is 0 Å². The minimum absolute atomic E-state index is 0.584. The molecule has 0 aromatic heterocycles. The maximum Gasteiger partial charge on any atom is 0.412 e. The number of carbonyl (C=O) groups excluding carboxylic acids is 1. The number of aliphatic hydroxyl groups excluding tert-OH is 1. The third kappa shape index (κ3) is 4.56. The summed E-state index contributed by atoms with van der Waals surface area (Å²) >= 11 is 0. The van der Waals surface area contributed by atoms with Crippen molar-refractivity contribution in [3.8, 4) is 0 Å². The van der Waals surface area contributed by atoms with Gasteiger partial charge in [-0.05, 0) is 0 Å². The second-order valence-corrected chi connectivity index (χ2v) is 1.09. The van der Waals surface area contributed by atoms with Gasteiger partial charge in [-0.15, -0.1) is 0 Å². The zero-order valence-corrected chi connectivity index (χ0v) is 4.42. The molecule has 52 valence electrons. The highest BCUT2D eigenvalue weighted by atomic mass is 16.4. The van der Waals surface area contributed by atoms with Crippen LogP contribution in [0.5, 0.6) is 0 Å². The summed E-state index contributed by atoms with van der Waals surface area (Å²) in [4.78, 5) is 19.7. The molecule has 0 aromatic rings. The van der Waals surface area contributed by atoms with Gasteiger partial charge in [0.05, 0.1) is 0 Å². The third-order valence-electron chi connectivity index (χ3n) is 0.460. The van der Waals surface area contributed by atoms with Crippen LogP contribution in [0.25, 0.3) is 0 Å². The molecule has 0 aliphatic heterocycles. The largest absolute Gasteiger partial charge is 0.465 e. The minimum atomic E-state index is -1.46. The Morgan fingerprint density at radius 3 is 2.33 bits per heavy atom. The Labute approximate surface area is 50.5 Å². The van der Waals surface area contributed by atoms with Gasteiger partial charge in [0, 0.05) is 0 Å². The lowest BCUT2D eigenvalue weighted by Crippen LogP contribution is -2.38. The van der Waals surface area contributed by atoms with Crippen LogP contribution in [-0.2, 0) is 0 Å². The van der Waals surface area contributed by atoms with Crippen LogP contribution >= 0.6 is 0 Å². The van der Waals surface area contributed by atoms with E-state index in [1.807, 2.05) is 0 Å². The Morgan fingerprint density at radius 2 is 2.00 bits per heavy atom. The summed E-state index contributed by atoms with van der Waals surface area (Å²) in [5, 5.41) is 19.1. The minimum Gasteiger partial charge on any atom is -0.465 e. The highest BCUT2D eigenvalue weighted by molar-refractivity contribution is 5.89. The SMILES string of the molecule is O=C(O)NC(=O)NCO. The first-order chi connectivity index (χ1) is 4.16. The van der Waals surface area contributed by atoms with Crippen molar-refractivity contribution in [1.82, 2.24) is 10.6 Å². The topological polar surface area (TPSA) is 98.7 Å². The molecule has 0 saturated carbocycles. The van der Waals surface area contributed by atoms with Crippen molar-refractivity contribution in [2.75, 3.05) is 6.73 Å². The molecular weight excluding hydrogens is 128 g/mol. The number of rotatable bonds is 1. The van der Waals surface area contributed by atoms with Crippen molar-refractivity contribution in [1.29, 1.82) is 0 Å². The second-order valence-electron chi connectivity index (χ2n) is 1.09. The predicted molar refractivity (Wildman–Crippen MR) is 26.8 cm³/mol. The van der Waals surface area contributed by atoms with Crippen molar-refractivity contribution < 1.29 is 19.8 Å². The average molecular weight is 134 g/mol. The van der Waals surface area contributed by atoms with E-state index in [0.29, 0.717) is 0 Å². The smallest absolute Gasteiger partial charge is 0.412 e. The standard InChI is InChI=1S/C3H6N2O4/c6-1-4-2(7)5-3(8)9/h6H,1H2,(H,8,9)(H2,4,5,7). The van der Waals surface area contributed by atoms with Crippen LogP contribution in [0, 0.1) is 0 Å². The normalized spacial score (nSPS) is 8.11. The number of hydrogen-bond acceptors (Lipinski definition) is 3. The summed E-state index contributed by atoms with van der Waals surface area (Å²) in [6.45, 7) is -0.584. The summed E-state index contributed by atoms with van der Waals surface area (Å²) in [5.74, 6) is 0. The third-order valence-corrected chi connectivity index (χ3v) is 0.460. The fraction of sp³-hybridized carbons (Fsp3) is 0.333. The molecular formula is C3H6N2O4. The zero-order chi connectivity index (χ0) is 7.28. The highest BCUT2D eigenvalue weighted by Gasteiger charge is 2.00. The molecule has 0 aliphatic rings. The fourth-order valence-electron chi connectivity index (χ4n) is 0.213. The molecule has 0 spiro atoms.